The van der Waals surface area contributed by atoms with Crippen molar-refractivity contribution in [3.8, 4) is 0 Å². The van der Waals surface area contributed by atoms with Crippen molar-refractivity contribution >= 4 is 35.3 Å². The Morgan fingerprint density at radius 1 is 0.500 bits per heavy atom. The lowest BCUT2D eigenvalue weighted by atomic mass is 10.5. The fraction of sp³-hybridized carbons (Fsp3) is 1.00. The van der Waals surface area contributed by atoms with E-state index >= 15 is 0 Å². The van der Waals surface area contributed by atoms with E-state index in [4.69, 9.17) is 35.3 Å². The smallest absolute Gasteiger partial charge is 0.0280 e. The molecule has 1 aliphatic heterocycles. The van der Waals surface area contributed by atoms with E-state index in [1.165, 1.54) is 0 Å². The summed E-state index contributed by atoms with van der Waals surface area (Å²) in [7, 11) is 0. The van der Waals surface area contributed by atoms with Gasteiger partial charge in [0.25, 0.3) is 0 Å². The molecule has 0 spiro atoms. The number of nitrogens with zero attached hydrogens (tertiary/aromatic N) is 3. The number of hydrogen-bond acceptors (Lipinski definition) is 3. The van der Waals surface area contributed by atoms with Gasteiger partial charge in [0, 0.05) is 39.3 Å². The van der Waals surface area contributed by atoms with Crippen LogP contribution in [0.15, 0.2) is 0 Å². The Balaban J connectivity index is 2.36. The predicted molar refractivity (Wildman–Crippen MR) is 52.3 cm³/mol. The SMILES string of the molecule is ClN1CCN(Cl)CCN(Cl)CC1. The van der Waals surface area contributed by atoms with Crippen molar-refractivity contribution in [2.75, 3.05) is 39.3 Å². The summed E-state index contributed by atoms with van der Waals surface area (Å²) < 4.78 is 5.11. The van der Waals surface area contributed by atoms with Crippen LogP contribution in [0.1, 0.15) is 0 Å². The van der Waals surface area contributed by atoms with Gasteiger partial charge < -0.3 is 0 Å². The van der Waals surface area contributed by atoms with E-state index in [0.29, 0.717) is 0 Å². The van der Waals surface area contributed by atoms with Crippen molar-refractivity contribution in [2.24, 2.45) is 0 Å². The molecule has 0 aromatic heterocycles. The third-order valence-electron chi connectivity index (χ3n) is 1.76. The molecule has 0 amide bonds. The molecule has 1 aliphatic rings. The average Bonchev–Trinajstić information content (AvgIpc) is 2.11. The number of rotatable bonds is 0. The zero-order valence-electron chi connectivity index (χ0n) is 6.72. The lowest BCUT2D eigenvalue weighted by molar-refractivity contribution is 0.400. The van der Waals surface area contributed by atoms with Crippen LogP contribution in [-0.2, 0) is 0 Å². The molecule has 0 unspecified atom stereocenters. The normalized spacial score (nSPS) is 26.2. The summed E-state index contributed by atoms with van der Waals surface area (Å²) in [5.41, 5.74) is 0. The maximum absolute atomic E-state index is 5.86. The standard InChI is InChI=1S/C6H12Cl3N3/c7-10-1-2-11(8)5-6-12(9)4-3-10/h1-6H2. The van der Waals surface area contributed by atoms with E-state index < -0.39 is 0 Å². The molecule has 12 heavy (non-hydrogen) atoms. The third-order valence-corrected chi connectivity index (χ3v) is 2.77. The van der Waals surface area contributed by atoms with Gasteiger partial charge in [-0.1, -0.05) is 0 Å². The van der Waals surface area contributed by atoms with E-state index in [0.717, 1.165) is 39.3 Å². The predicted octanol–water partition coefficient (Wildman–Crippen LogP) is 1.37. The van der Waals surface area contributed by atoms with Crippen LogP contribution in [0.25, 0.3) is 0 Å². The summed E-state index contributed by atoms with van der Waals surface area (Å²) in [4.78, 5) is 0. The molecule has 6 heteroatoms. The van der Waals surface area contributed by atoms with Gasteiger partial charge in [-0.25, -0.2) is 13.3 Å². The average molecular weight is 233 g/mol. The molecule has 0 radical (unpaired) electrons. The minimum absolute atomic E-state index is 0.774. The molecule has 0 N–H and O–H groups in total. The van der Waals surface area contributed by atoms with Crippen LogP contribution in [0.4, 0.5) is 0 Å². The second-order valence-electron chi connectivity index (χ2n) is 2.73. The van der Waals surface area contributed by atoms with Gasteiger partial charge in [0.15, 0.2) is 0 Å². The highest BCUT2D eigenvalue weighted by molar-refractivity contribution is 6.15. The minimum atomic E-state index is 0.774. The Kier molecular flexibility index (Phi) is 4.94. The Hall–Kier alpha value is 0.750. The van der Waals surface area contributed by atoms with Crippen LogP contribution in [-0.4, -0.2) is 52.5 Å². The highest BCUT2D eigenvalue weighted by Gasteiger charge is 2.11. The monoisotopic (exact) mass is 231 g/mol. The van der Waals surface area contributed by atoms with Crippen LogP contribution in [0.5, 0.6) is 0 Å². The summed E-state index contributed by atoms with van der Waals surface area (Å²) in [6, 6.07) is 0. The molecule has 0 bridgehead atoms. The van der Waals surface area contributed by atoms with Crippen LogP contribution in [0.2, 0.25) is 0 Å². The zero-order valence-corrected chi connectivity index (χ0v) is 8.99. The van der Waals surface area contributed by atoms with E-state index in [1.54, 1.807) is 13.3 Å². The molecule has 1 saturated heterocycles. The Morgan fingerprint density at radius 3 is 0.833 bits per heavy atom. The fourth-order valence-electron chi connectivity index (χ4n) is 0.986. The molecular formula is C6H12Cl3N3. The minimum Gasteiger partial charge on any atom is -0.218 e. The second kappa shape index (κ2) is 5.47. The Labute approximate surface area is 88.1 Å². The number of halogens is 3. The molecule has 1 fully saturated rings. The van der Waals surface area contributed by atoms with Gasteiger partial charge in [-0.05, 0) is 35.3 Å². The molecular weight excluding hydrogens is 220 g/mol. The summed E-state index contributed by atoms with van der Waals surface area (Å²) in [5.74, 6) is 0. The highest BCUT2D eigenvalue weighted by Crippen LogP contribution is 2.05. The molecule has 72 valence electrons. The third kappa shape index (κ3) is 4.12. The second-order valence-corrected chi connectivity index (χ2v) is 4.16. The van der Waals surface area contributed by atoms with Crippen LogP contribution in [0, 0.1) is 0 Å². The molecule has 1 rings (SSSR count). The Bertz CT molecular complexity index is 99.4. The van der Waals surface area contributed by atoms with Gasteiger partial charge in [-0.3, -0.25) is 0 Å². The molecule has 3 nitrogen and oxygen atoms in total. The zero-order chi connectivity index (χ0) is 8.97. The van der Waals surface area contributed by atoms with Crippen molar-refractivity contribution in [2.45, 2.75) is 0 Å². The van der Waals surface area contributed by atoms with Gasteiger partial charge in [0.2, 0.25) is 0 Å². The van der Waals surface area contributed by atoms with Gasteiger partial charge in [-0.15, -0.1) is 0 Å². The van der Waals surface area contributed by atoms with Crippen LogP contribution < -0.4 is 0 Å². The molecule has 0 aliphatic carbocycles. The van der Waals surface area contributed by atoms with Gasteiger partial charge in [0.05, 0.1) is 0 Å². The first kappa shape index (κ1) is 10.8. The maximum Gasteiger partial charge on any atom is 0.0280 e. The first-order valence-corrected chi connectivity index (χ1v) is 4.92. The first-order valence-electron chi connectivity index (χ1n) is 3.90. The van der Waals surface area contributed by atoms with E-state index in [1.807, 2.05) is 0 Å². The van der Waals surface area contributed by atoms with E-state index in [-0.39, 0.29) is 0 Å². The van der Waals surface area contributed by atoms with Crippen LogP contribution in [0.3, 0.4) is 0 Å². The lowest BCUT2D eigenvalue weighted by Gasteiger charge is -2.14. The van der Waals surface area contributed by atoms with Crippen molar-refractivity contribution in [1.82, 2.24) is 13.3 Å². The van der Waals surface area contributed by atoms with E-state index in [9.17, 15) is 0 Å². The molecule has 1 heterocycles. The van der Waals surface area contributed by atoms with Gasteiger partial charge in [-0.2, -0.15) is 0 Å². The van der Waals surface area contributed by atoms with Crippen molar-refractivity contribution < 1.29 is 0 Å². The molecule has 0 aromatic rings. The Morgan fingerprint density at radius 2 is 0.667 bits per heavy atom. The molecule has 0 saturated carbocycles. The van der Waals surface area contributed by atoms with Gasteiger partial charge >= 0.3 is 0 Å². The van der Waals surface area contributed by atoms with Gasteiger partial charge in [0.1, 0.15) is 0 Å². The molecule has 0 atom stereocenters. The maximum atomic E-state index is 5.86. The lowest BCUT2D eigenvalue weighted by Crippen LogP contribution is -2.25. The van der Waals surface area contributed by atoms with Crippen molar-refractivity contribution in [1.29, 1.82) is 0 Å². The quantitative estimate of drug-likeness (QED) is 0.584. The summed E-state index contributed by atoms with van der Waals surface area (Å²) in [6.45, 7) is 4.64. The first-order chi connectivity index (χ1) is 5.68. The van der Waals surface area contributed by atoms with Crippen molar-refractivity contribution in [3.63, 3.8) is 0 Å². The fourth-order valence-corrected chi connectivity index (χ4v) is 1.44. The molecule has 0 aromatic carbocycles. The summed E-state index contributed by atoms with van der Waals surface area (Å²) in [6.07, 6.45) is 0. The summed E-state index contributed by atoms with van der Waals surface area (Å²) >= 11 is 17.6. The van der Waals surface area contributed by atoms with Crippen molar-refractivity contribution in [3.05, 3.63) is 0 Å². The highest BCUT2D eigenvalue weighted by atomic mass is 35.5. The van der Waals surface area contributed by atoms with Crippen LogP contribution >= 0.6 is 35.3 Å². The summed E-state index contributed by atoms with van der Waals surface area (Å²) in [5, 5.41) is 0. The topological polar surface area (TPSA) is 9.72 Å². The number of hydrogen-bond donors (Lipinski definition) is 0. The largest absolute Gasteiger partial charge is 0.218 e. The van der Waals surface area contributed by atoms with E-state index in [2.05, 4.69) is 0 Å².